The summed E-state index contributed by atoms with van der Waals surface area (Å²) in [4.78, 5) is 11.6. The number of anilines is 1. The Morgan fingerprint density at radius 3 is 2.75 bits per heavy atom. The van der Waals surface area contributed by atoms with Gasteiger partial charge in [0, 0.05) is 16.7 Å². The highest BCUT2D eigenvalue weighted by Gasteiger charge is 2.09. The summed E-state index contributed by atoms with van der Waals surface area (Å²) in [5.74, 6) is -0.304. The fourth-order valence-corrected chi connectivity index (χ4v) is 3.36. The lowest BCUT2D eigenvalue weighted by Crippen LogP contribution is -2.05. The summed E-state index contributed by atoms with van der Waals surface area (Å²) in [6.45, 7) is 2.91. The molecule has 0 radical (unpaired) electrons. The van der Waals surface area contributed by atoms with E-state index >= 15 is 0 Å². The molecule has 0 aliphatic heterocycles. The van der Waals surface area contributed by atoms with E-state index in [0.29, 0.717) is 12.2 Å². The van der Waals surface area contributed by atoms with Crippen LogP contribution in [0.5, 0.6) is 0 Å². The molecule has 20 heavy (non-hydrogen) atoms. The number of esters is 1. The number of halogens is 2. The number of ether oxygens (including phenoxy) is 1. The monoisotopic (exact) mass is 417 g/mol. The van der Waals surface area contributed by atoms with Gasteiger partial charge in [-0.1, -0.05) is 0 Å². The number of hydrogen-bond donors (Lipinski definition) is 1. The molecule has 1 heterocycles. The number of rotatable bonds is 5. The topological polar surface area (TPSA) is 38.3 Å². The molecule has 1 N–H and O–H groups in total. The number of thiophene rings is 1. The Bertz CT molecular complexity index is 613. The van der Waals surface area contributed by atoms with Crippen molar-refractivity contribution in [1.82, 2.24) is 0 Å². The average molecular weight is 419 g/mol. The van der Waals surface area contributed by atoms with Crippen LogP contribution >= 0.6 is 43.2 Å². The first kappa shape index (κ1) is 15.5. The van der Waals surface area contributed by atoms with E-state index in [1.165, 1.54) is 5.56 Å². The zero-order chi connectivity index (χ0) is 14.5. The fraction of sp³-hybridized carbons (Fsp3) is 0.214. The van der Waals surface area contributed by atoms with Crippen molar-refractivity contribution in [1.29, 1.82) is 0 Å². The first-order valence-electron chi connectivity index (χ1n) is 6.03. The van der Waals surface area contributed by atoms with Gasteiger partial charge in [0.25, 0.3) is 0 Å². The van der Waals surface area contributed by atoms with Gasteiger partial charge in [-0.2, -0.15) is 0 Å². The predicted molar refractivity (Wildman–Crippen MR) is 89.4 cm³/mol. The van der Waals surface area contributed by atoms with Gasteiger partial charge in [-0.25, -0.2) is 4.79 Å². The molecular formula is C14H13Br2NO2S. The minimum atomic E-state index is -0.304. The molecule has 0 unspecified atom stereocenters. The van der Waals surface area contributed by atoms with Crippen LogP contribution < -0.4 is 5.32 Å². The molecule has 106 valence electrons. The number of benzene rings is 1. The second kappa shape index (κ2) is 7.24. The third-order valence-corrected chi connectivity index (χ3v) is 4.79. The van der Waals surface area contributed by atoms with E-state index < -0.39 is 0 Å². The van der Waals surface area contributed by atoms with Crippen LogP contribution in [0.25, 0.3) is 0 Å². The van der Waals surface area contributed by atoms with Gasteiger partial charge < -0.3 is 10.1 Å². The summed E-state index contributed by atoms with van der Waals surface area (Å²) >= 11 is 8.57. The molecule has 0 bridgehead atoms. The number of hydrogen-bond acceptors (Lipinski definition) is 4. The van der Waals surface area contributed by atoms with Crippen molar-refractivity contribution in [2.45, 2.75) is 13.5 Å². The molecule has 0 aliphatic rings. The van der Waals surface area contributed by atoms with Crippen LogP contribution in [0.1, 0.15) is 22.8 Å². The van der Waals surface area contributed by atoms with Crippen molar-refractivity contribution < 1.29 is 9.53 Å². The zero-order valence-corrected chi connectivity index (χ0v) is 14.8. The standard InChI is InChI=1S/C14H13Br2NO2S/c1-2-19-14(18)10-3-4-12(11(15)6-10)17-7-9-5-13(16)20-8-9/h3-6,8,17H,2,7H2,1H3. The molecule has 1 aromatic carbocycles. The summed E-state index contributed by atoms with van der Waals surface area (Å²) in [7, 11) is 0. The molecule has 3 nitrogen and oxygen atoms in total. The lowest BCUT2D eigenvalue weighted by atomic mass is 10.2. The smallest absolute Gasteiger partial charge is 0.338 e. The van der Waals surface area contributed by atoms with Crippen molar-refractivity contribution in [3.8, 4) is 0 Å². The Balaban J connectivity index is 2.04. The summed E-state index contributed by atoms with van der Waals surface area (Å²) in [5.41, 5.74) is 2.70. The van der Waals surface area contributed by atoms with Crippen molar-refractivity contribution >= 4 is 54.9 Å². The van der Waals surface area contributed by atoms with Gasteiger partial charge in [0.15, 0.2) is 0 Å². The van der Waals surface area contributed by atoms with Gasteiger partial charge >= 0.3 is 5.97 Å². The molecule has 2 aromatic rings. The van der Waals surface area contributed by atoms with Crippen molar-refractivity contribution in [3.05, 3.63) is 49.0 Å². The lowest BCUT2D eigenvalue weighted by molar-refractivity contribution is 0.0526. The molecule has 0 atom stereocenters. The highest BCUT2D eigenvalue weighted by atomic mass is 79.9. The van der Waals surface area contributed by atoms with Gasteiger partial charge in [-0.05, 0) is 74.0 Å². The van der Waals surface area contributed by atoms with Gasteiger partial charge in [-0.3, -0.25) is 0 Å². The number of nitrogens with one attached hydrogen (secondary N) is 1. The molecule has 0 amide bonds. The first-order chi connectivity index (χ1) is 9.60. The summed E-state index contributed by atoms with van der Waals surface area (Å²) < 4.78 is 6.93. The Morgan fingerprint density at radius 1 is 1.35 bits per heavy atom. The van der Waals surface area contributed by atoms with Crippen LogP contribution in [-0.4, -0.2) is 12.6 Å². The van der Waals surface area contributed by atoms with E-state index in [2.05, 4.69) is 48.6 Å². The van der Waals surface area contributed by atoms with Crippen LogP contribution in [0.2, 0.25) is 0 Å². The normalized spacial score (nSPS) is 10.3. The predicted octanol–water partition coefficient (Wildman–Crippen LogP) is 5.06. The Labute approximate surface area is 138 Å². The quantitative estimate of drug-likeness (QED) is 0.689. The van der Waals surface area contributed by atoms with Crippen LogP contribution in [0.15, 0.2) is 37.9 Å². The van der Waals surface area contributed by atoms with Gasteiger partial charge in [-0.15, -0.1) is 11.3 Å². The Kier molecular flexibility index (Phi) is 5.63. The highest BCUT2D eigenvalue weighted by Crippen LogP contribution is 2.26. The number of carbonyl (C=O) groups excluding carboxylic acids is 1. The molecule has 6 heteroatoms. The van der Waals surface area contributed by atoms with Crippen molar-refractivity contribution in [2.75, 3.05) is 11.9 Å². The van der Waals surface area contributed by atoms with Gasteiger partial charge in [0.1, 0.15) is 0 Å². The molecular weight excluding hydrogens is 406 g/mol. The maximum absolute atomic E-state index is 11.6. The lowest BCUT2D eigenvalue weighted by Gasteiger charge is -2.09. The second-order valence-electron chi connectivity index (χ2n) is 4.03. The molecule has 0 spiro atoms. The SMILES string of the molecule is CCOC(=O)c1ccc(NCc2csc(Br)c2)c(Br)c1. The summed E-state index contributed by atoms with van der Waals surface area (Å²) in [5, 5.41) is 5.42. The fourth-order valence-electron chi connectivity index (χ4n) is 1.64. The van der Waals surface area contributed by atoms with Gasteiger partial charge in [0.05, 0.1) is 16.0 Å². The molecule has 0 fully saturated rings. The third kappa shape index (κ3) is 4.07. The molecule has 0 aliphatic carbocycles. The minimum Gasteiger partial charge on any atom is -0.462 e. The van der Waals surface area contributed by atoms with E-state index in [9.17, 15) is 4.79 Å². The van der Waals surface area contributed by atoms with Crippen LogP contribution in [0.4, 0.5) is 5.69 Å². The van der Waals surface area contributed by atoms with Crippen LogP contribution in [0, 0.1) is 0 Å². The molecule has 1 aromatic heterocycles. The maximum atomic E-state index is 11.6. The molecule has 0 saturated heterocycles. The van der Waals surface area contributed by atoms with Crippen molar-refractivity contribution in [2.24, 2.45) is 0 Å². The largest absolute Gasteiger partial charge is 0.462 e. The summed E-state index contributed by atoms with van der Waals surface area (Å²) in [6, 6.07) is 7.48. The van der Waals surface area contributed by atoms with Crippen LogP contribution in [-0.2, 0) is 11.3 Å². The van der Waals surface area contributed by atoms with E-state index in [1.807, 2.05) is 6.07 Å². The van der Waals surface area contributed by atoms with Gasteiger partial charge in [0.2, 0.25) is 0 Å². The second-order valence-corrected chi connectivity index (χ2v) is 7.17. The van der Waals surface area contributed by atoms with Crippen LogP contribution in [0.3, 0.4) is 0 Å². The average Bonchev–Trinajstić information content (AvgIpc) is 2.83. The third-order valence-electron chi connectivity index (χ3n) is 2.58. The highest BCUT2D eigenvalue weighted by molar-refractivity contribution is 9.11. The Hall–Kier alpha value is -0.850. The van der Waals surface area contributed by atoms with E-state index in [4.69, 9.17) is 4.74 Å². The maximum Gasteiger partial charge on any atom is 0.338 e. The Morgan fingerprint density at radius 2 is 2.15 bits per heavy atom. The number of carbonyl (C=O) groups is 1. The van der Waals surface area contributed by atoms with E-state index in [-0.39, 0.29) is 5.97 Å². The zero-order valence-electron chi connectivity index (χ0n) is 10.8. The molecule has 0 saturated carbocycles. The first-order valence-corrected chi connectivity index (χ1v) is 8.50. The molecule has 2 rings (SSSR count). The van der Waals surface area contributed by atoms with E-state index in [0.717, 1.165) is 20.5 Å². The summed E-state index contributed by atoms with van der Waals surface area (Å²) in [6.07, 6.45) is 0. The van der Waals surface area contributed by atoms with E-state index in [1.54, 1.807) is 30.4 Å². The minimum absolute atomic E-state index is 0.304. The van der Waals surface area contributed by atoms with Crippen molar-refractivity contribution in [3.63, 3.8) is 0 Å².